The monoisotopic (exact) mass is 288 g/mol. The molecule has 0 aliphatic carbocycles. The van der Waals surface area contributed by atoms with Crippen molar-refractivity contribution in [2.45, 2.75) is 25.9 Å². The van der Waals surface area contributed by atoms with Crippen LogP contribution in [0.3, 0.4) is 0 Å². The van der Waals surface area contributed by atoms with Crippen LogP contribution in [0.1, 0.15) is 47.6 Å². The molecule has 0 saturated carbocycles. The van der Waals surface area contributed by atoms with E-state index < -0.39 is 12.0 Å². The third-order valence-electron chi connectivity index (χ3n) is 3.27. The predicted octanol–water partition coefficient (Wildman–Crippen LogP) is 1.58. The lowest BCUT2D eigenvalue weighted by Crippen LogP contribution is -2.29. The maximum absolute atomic E-state index is 12.1. The van der Waals surface area contributed by atoms with Gasteiger partial charge in [0.05, 0.1) is 17.5 Å². The summed E-state index contributed by atoms with van der Waals surface area (Å²) in [5, 5.41) is 19.4. The third kappa shape index (κ3) is 3.41. The highest BCUT2D eigenvalue weighted by Crippen LogP contribution is 2.22. The van der Waals surface area contributed by atoms with Gasteiger partial charge >= 0.3 is 0 Å². The first-order valence-corrected chi connectivity index (χ1v) is 6.85. The summed E-state index contributed by atoms with van der Waals surface area (Å²) >= 11 is 0. The second-order valence-electron chi connectivity index (χ2n) is 5.19. The van der Waals surface area contributed by atoms with Crippen LogP contribution in [0.5, 0.6) is 0 Å². The molecule has 0 aliphatic rings. The normalized spacial score (nSPS) is 12.4. The van der Waals surface area contributed by atoms with Gasteiger partial charge < -0.3 is 16.2 Å². The smallest absolute Gasteiger partial charge is 0.274 e. The summed E-state index contributed by atoms with van der Waals surface area (Å²) in [7, 11) is 0. The molecule has 0 aliphatic heterocycles. The van der Waals surface area contributed by atoms with Crippen molar-refractivity contribution in [3.8, 4) is 0 Å². The molecule has 1 amide bonds. The van der Waals surface area contributed by atoms with Gasteiger partial charge in [-0.1, -0.05) is 44.2 Å². The molecule has 112 valence electrons. The van der Waals surface area contributed by atoms with Gasteiger partial charge in [-0.25, -0.2) is 0 Å². The number of aliphatic hydroxyl groups excluding tert-OH is 1. The van der Waals surface area contributed by atoms with Gasteiger partial charge in [0, 0.05) is 6.54 Å². The number of aromatic nitrogens is 2. The Kier molecular flexibility index (Phi) is 4.59. The molecular weight excluding hydrogens is 268 g/mol. The number of rotatable bonds is 5. The van der Waals surface area contributed by atoms with Crippen LogP contribution >= 0.6 is 0 Å². The number of aromatic amines is 1. The number of nitrogens with zero attached hydrogens (tertiary/aromatic N) is 1. The van der Waals surface area contributed by atoms with Crippen molar-refractivity contribution in [3.05, 3.63) is 47.3 Å². The van der Waals surface area contributed by atoms with Crippen LogP contribution in [0, 0.1) is 0 Å². The zero-order valence-electron chi connectivity index (χ0n) is 12.1. The topological polar surface area (TPSA) is 104 Å². The van der Waals surface area contributed by atoms with Crippen LogP contribution < -0.4 is 11.1 Å². The Morgan fingerprint density at radius 1 is 1.38 bits per heavy atom. The second-order valence-corrected chi connectivity index (χ2v) is 5.19. The Balaban J connectivity index is 1.99. The summed E-state index contributed by atoms with van der Waals surface area (Å²) < 4.78 is 0. The average molecular weight is 288 g/mol. The van der Waals surface area contributed by atoms with Gasteiger partial charge in [-0.15, -0.1) is 0 Å². The Labute approximate surface area is 123 Å². The van der Waals surface area contributed by atoms with Gasteiger partial charge in [0.1, 0.15) is 0 Å². The quantitative estimate of drug-likeness (QED) is 0.670. The van der Waals surface area contributed by atoms with Crippen LogP contribution in [0.4, 0.5) is 5.69 Å². The highest BCUT2D eigenvalue weighted by molar-refractivity contribution is 5.97. The number of amides is 1. The number of nitrogens with one attached hydrogen (secondary N) is 2. The summed E-state index contributed by atoms with van der Waals surface area (Å²) in [6.45, 7) is 4.03. The zero-order chi connectivity index (χ0) is 15.4. The van der Waals surface area contributed by atoms with Crippen LogP contribution in [0.15, 0.2) is 30.3 Å². The molecule has 1 atom stereocenters. The van der Waals surface area contributed by atoms with Crippen molar-refractivity contribution in [3.63, 3.8) is 0 Å². The number of anilines is 1. The first-order chi connectivity index (χ1) is 10.0. The van der Waals surface area contributed by atoms with E-state index in [1.54, 1.807) is 12.1 Å². The van der Waals surface area contributed by atoms with E-state index in [4.69, 9.17) is 5.73 Å². The maximum atomic E-state index is 12.1. The molecule has 2 aromatic rings. The fourth-order valence-corrected chi connectivity index (χ4v) is 2.04. The fourth-order valence-electron chi connectivity index (χ4n) is 2.04. The predicted molar refractivity (Wildman–Crippen MR) is 80.8 cm³/mol. The molecule has 6 heteroatoms. The minimum atomic E-state index is -0.764. The molecule has 6 nitrogen and oxygen atoms in total. The van der Waals surface area contributed by atoms with Crippen molar-refractivity contribution in [1.29, 1.82) is 0 Å². The van der Waals surface area contributed by atoms with Crippen LogP contribution in [-0.2, 0) is 0 Å². The highest BCUT2D eigenvalue weighted by Gasteiger charge is 2.19. The Morgan fingerprint density at radius 2 is 2.05 bits per heavy atom. The number of carbonyl (C=O) groups excluding carboxylic acids is 1. The van der Waals surface area contributed by atoms with Crippen molar-refractivity contribution in [1.82, 2.24) is 15.5 Å². The lowest BCUT2D eigenvalue weighted by Gasteiger charge is -2.11. The van der Waals surface area contributed by atoms with E-state index in [-0.39, 0.29) is 18.2 Å². The molecule has 0 saturated heterocycles. The molecule has 0 fully saturated rings. The van der Waals surface area contributed by atoms with Gasteiger partial charge in [-0.2, -0.15) is 5.10 Å². The van der Waals surface area contributed by atoms with Gasteiger partial charge in [0.15, 0.2) is 5.69 Å². The molecule has 1 aromatic heterocycles. The largest absolute Gasteiger partial charge is 0.395 e. The maximum Gasteiger partial charge on any atom is 0.274 e. The highest BCUT2D eigenvalue weighted by atomic mass is 16.3. The van der Waals surface area contributed by atoms with Crippen molar-refractivity contribution < 1.29 is 9.90 Å². The van der Waals surface area contributed by atoms with E-state index in [1.165, 1.54) is 0 Å². The molecule has 0 spiro atoms. The molecular formula is C15H20N4O2. The van der Waals surface area contributed by atoms with Gasteiger partial charge in [0.2, 0.25) is 0 Å². The Morgan fingerprint density at radius 3 is 2.62 bits per heavy atom. The molecule has 0 bridgehead atoms. The first kappa shape index (κ1) is 15.1. The van der Waals surface area contributed by atoms with E-state index in [1.807, 2.05) is 32.0 Å². The number of hydrogen-bond donors (Lipinski definition) is 4. The average Bonchev–Trinajstić information content (AvgIpc) is 2.87. The van der Waals surface area contributed by atoms with Gasteiger partial charge in [0.25, 0.3) is 5.91 Å². The number of nitrogens with two attached hydrogens (primary N) is 1. The van der Waals surface area contributed by atoms with E-state index in [0.717, 1.165) is 11.3 Å². The lowest BCUT2D eigenvalue weighted by molar-refractivity contribution is 0.0912. The summed E-state index contributed by atoms with van der Waals surface area (Å²) in [4.78, 5) is 12.1. The Bertz CT molecular complexity index is 607. The molecule has 0 radical (unpaired) electrons. The lowest BCUT2D eigenvalue weighted by atomic mass is 10.1. The third-order valence-corrected chi connectivity index (χ3v) is 3.27. The Hall–Kier alpha value is -2.34. The number of nitrogen functional groups attached to an aromatic ring is 1. The van der Waals surface area contributed by atoms with Crippen LogP contribution in [0.2, 0.25) is 0 Å². The number of aliphatic hydroxyl groups is 1. The molecule has 1 aromatic carbocycles. The molecule has 2 rings (SSSR count). The number of hydrogen-bond acceptors (Lipinski definition) is 4. The van der Waals surface area contributed by atoms with E-state index in [0.29, 0.717) is 5.69 Å². The number of H-pyrrole nitrogens is 1. The van der Waals surface area contributed by atoms with Crippen LogP contribution in [-0.4, -0.2) is 27.8 Å². The van der Waals surface area contributed by atoms with Crippen molar-refractivity contribution in [2.24, 2.45) is 0 Å². The van der Waals surface area contributed by atoms with Gasteiger partial charge in [-0.3, -0.25) is 9.89 Å². The minimum absolute atomic E-state index is 0.103. The number of benzene rings is 1. The van der Waals surface area contributed by atoms with E-state index in [2.05, 4.69) is 15.5 Å². The molecule has 1 unspecified atom stereocenters. The fraction of sp³-hybridized carbons (Fsp3) is 0.333. The first-order valence-electron chi connectivity index (χ1n) is 6.85. The van der Waals surface area contributed by atoms with Gasteiger partial charge in [-0.05, 0) is 11.5 Å². The number of carbonyl (C=O) groups is 1. The van der Waals surface area contributed by atoms with Crippen LogP contribution in [0.25, 0.3) is 0 Å². The summed E-state index contributed by atoms with van der Waals surface area (Å²) in [6.07, 6.45) is -0.764. The zero-order valence-corrected chi connectivity index (χ0v) is 12.1. The van der Waals surface area contributed by atoms with E-state index in [9.17, 15) is 9.90 Å². The molecule has 21 heavy (non-hydrogen) atoms. The minimum Gasteiger partial charge on any atom is -0.395 e. The standard InChI is InChI=1S/C15H20N4O2/c1-9(2)13-12(16)14(19-18-13)15(21)17-8-11(20)10-6-4-3-5-7-10/h3-7,9,11,20H,8,16H2,1-2H3,(H,17,21)(H,18,19). The summed E-state index contributed by atoms with van der Waals surface area (Å²) in [5.41, 5.74) is 7.91. The summed E-state index contributed by atoms with van der Waals surface area (Å²) in [6, 6.07) is 9.14. The second kappa shape index (κ2) is 6.41. The molecule has 1 heterocycles. The molecule has 5 N–H and O–H groups in total. The summed E-state index contributed by atoms with van der Waals surface area (Å²) in [5.74, 6) is -0.236. The van der Waals surface area contributed by atoms with E-state index >= 15 is 0 Å². The van der Waals surface area contributed by atoms with Crippen molar-refractivity contribution >= 4 is 11.6 Å². The SMILES string of the molecule is CC(C)c1[nH]nc(C(=O)NCC(O)c2ccccc2)c1N. The van der Waals surface area contributed by atoms with Crippen molar-refractivity contribution in [2.75, 3.05) is 12.3 Å².